The summed E-state index contributed by atoms with van der Waals surface area (Å²) in [5, 5.41) is 2.94. The topological polar surface area (TPSA) is 74.5 Å². The Morgan fingerprint density at radius 1 is 1.04 bits per heavy atom. The molecular weight excluding hydrogens is 368 g/mol. The number of carbonyl (C=O) groups is 1. The third-order valence-electron chi connectivity index (χ3n) is 4.47. The minimum absolute atomic E-state index is 0.131. The number of hydrogen-bond donors (Lipinski definition) is 1. The predicted molar refractivity (Wildman–Crippen MR) is 98.5 cm³/mol. The van der Waals surface area contributed by atoms with Gasteiger partial charge < -0.3 is 19.5 Å². The van der Waals surface area contributed by atoms with Crippen LogP contribution >= 0.6 is 0 Å². The lowest BCUT2D eigenvalue weighted by molar-refractivity contribution is 0.0714. The number of nitrogens with one attached hydrogen (secondary N) is 1. The lowest BCUT2D eigenvalue weighted by Gasteiger charge is -2.35. The van der Waals surface area contributed by atoms with Crippen LogP contribution in [0.5, 0.6) is 0 Å². The van der Waals surface area contributed by atoms with Crippen molar-refractivity contribution < 1.29 is 18.0 Å². The van der Waals surface area contributed by atoms with Gasteiger partial charge in [0.1, 0.15) is 18.0 Å². The first-order valence-electron chi connectivity index (χ1n) is 8.72. The zero-order chi connectivity index (χ0) is 19.5. The summed E-state index contributed by atoms with van der Waals surface area (Å²) in [6, 6.07) is 8.61. The number of rotatable bonds is 4. The van der Waals surface area contributed by atoms with Crippen molar-refractivity contribution in [3.8, 4) is 0 Å². The van der Waals surface area contributed by atoms with Crippen LogP contribution in [0.4, 0.5) is 26.1 Å². The molecule has 1 aliphatic heterocycles. The van der Waals surface area contributed by atoms with Crippen molar-refractivity contribution in [3.05, 3.63) is 66.4 Å². The summed E-state index contributed by atoms with van der Waals surface area (Å²) in [7, 11) is 0. The summed E-state index contributed by atoms with van der Waals surface area (Å²) in [5.74, 6) is -0.496. The van der Waals surface area contributed by atoms with E-state index in [2.05, 4.69) is 15.3 Å². The molecule has 0 spiro atoms. The number of anilines is 3. The highest BCUT2D eigenvalue weighted by molar-refractivity contribution is 5.91. The van der Waals surface area contributed by atoms with Crippen LogP contribution in [0, 0.1) is 11.6 Å². The fourth-order valence-electron chi connectivity index (χ4n) is 3.00. The molecule has 3 heterocycles. The Hall–Kier alpha value is -3.49. The van der Waals surface area contributed by atoms with Gasteiger partial charge in [0.2, 0.25) is 0 Å². The van der Waals surface area contributed by atoms with Crippen molar-refractivity contribution in [2.45, 2.75) is 0 Å². The van der Waals surface area contributed by atoms with Crippen LogP contribution in [0.15, 0.2) is 53.4 Å². The Morgan fingerprint density at radius 2 is 1.86 bits per heavy atom. The highest BCUT2D eigenvalue weighted by Gasteiger charge is 2.24. The van der Waals surface area contributed by atoms with E-state index in [0.29, 0.717) is 49.3 Å². The maximum Gasteiger partial charge on any atom is 0.289 e. The van der Waals surface area contributed by atoms with E-state index in [-0.39, 0.29) is 5.91 Å². The smallest absolute Gasteiger partial charge is 0.289 e. The number of benzene rings is 1. The van der Waals surface area contributed by atoms with Crippen LogP contribution in [0.1, 0.15) is 10.6 Å². The minimum atomic E-state index is -0.934. The molecule has 0 unspecified atom stereocenters. The zero-order valence-corrected chi connectivity index (χ0v) is 14.8. The van der Waals surface area contributed by atoms with Gasteiger partial charge in [-0.1, -0.05) is 0 Å². The van der Waals surface area contributed by atoms with Crippen molar-refractivity contribution >= 4 is 23.2 Å². The maximum atomic E-state index is 13.4. The van der Waals surface area contributed by atoms with Crippen LogP contribution < -0.4 is 10.2 Å². The summed E-state index contributed by atoms with van der Waals surface area (Å²) in [5.41, 5.74) is 0.386. The number of carbonyl (C=O) groups excluding carboxylic acids is 1. The lowest BCUT2D eigenvalue weighted by Crippen LogP contribution is -2.49. The molecule has 9 heteroatoms. The van der Waals surface area contributed by atoms with Crippen LogP contribution in [0.25, 0.3) is 0 Å². The SMILES string of the molecule is O=C(c1ccco1)N1CCN(c2cc(Nc3ccc(F)c(F)c3)ncn2)CC1. The van der Waals surface area contributed by atoms with Crippen molar-refractivity contribution in [2.75, 3.05) is 36.4 Å². The Morgan fingerprint density at radius 3 is 2.57 bits per heavy atom. The molecule has 1 aromatic carbocycles. The number of nitrogens with zero attached hydrogens (tertiary/aromatic N) is 4. The largest absolute Gasteiger partial charge is 0.459 e. The Bertz CT molecular complexity index is 972. The van der Waals surface area contributed by atoms with Gasteiger partial charge in [0.05, 0.1) is 6.26 Å². The average Bonchev–Trinajstić information content (AvgIpc) is 3.25. The molecule has 1 amide bonds. The molecule has 0 radical (unpaired) electrons. The molecule has 0 saturated carbocycles. The molecule has 0 bridgehead atoms. The van der Waals surface area contributed by atoms with Crippen LogP contribution in [0.3, 0.4) is 0 Å². The summed E-state index contributed by atoms with van der Waals surface area (Å²) in [6.07, 6.45) is 2.88. The van der Waals surface area contributed by atoms with Crippen molar-refractivity contribution in [1.82, 2.24) is 14.9 Å². The number of piperazine rings is 1. The summed E-state index contributed by atoms with van der Waals surface area (Å²) in [6.45, 7) is 2.28. The normalized spacial score (nSPS) is 14.2. The first-order valence-corrected chi connectivity index (χ1v) is 8.72. The quantitative estimate of drug-likeness (QED) is 0.744. The van der Waals surface area contributed by atoms with Crippen molar-refractivity contribution in [1.29, 1.82) is 0 Å². The van der Waals surface area contributed by atoms with E-state index in [1.807, 2.05) is 4.90 Å². The van der Waals surface area contributed by atoms with E-state index >= 15 is 0 Å². The zero-order valence-electron chi connectivity index (χ0n) is 14.8. The molecule has 1 saturated heterocycles. The Balaban J connectivity index is 1.41. The van der Waals surface area contributed by atoms with Gasteiger partial charge in [-0.15, -0.1) is 0 Å². The second kappa shape index (κ2) is 7.63. The number of amides is 1. The number of halogens is 2. The molecule has 2 aromatic heterocycles. The van der Waals surface area contributed by atoms with Gasteiger partial charge in [-0.3, -0.25) is 4.79 Å². The van der Waals surface area contributed by atoms with E-state index in [0.717, 1.165) is 12.1 Å². The molecule has 1 fully saturated rings. The highest BCUT2D eigenvalue weighted by Crippen LogP contribution is 2.21. The molecule has 0 atom stereocenters. The summed E-state index contributed by atoms with van der Waals surface area (Å²) < 4.78 is 31.6. The molecule has 3 aromatic rings. The maximum absolute atomic E-state index is 13.4. The molecule has 1 N–H and O–H groups in total. The molecule has 4 rings (SSSR count). The average molecular weight is 385 g/mol. The fraction of sp³-hybridized carbons (Fsp3) is 0.211. The summed E-state index contributed by atoms with van der Waals surface area (Å²) >= 11 is 0. The van der Waals surface area contributed by atoms with E-state index in [4.69, 9.17) is 4.42 Å². The number of furan rings is 1. The van der Waals surface area contributed by atoms with E-state index in [9.17, 15) is 13.6 Å². The predicted octanol–water partition coefficient (Wildman–Crippen LogP) is 3.05. The van der Waals surface area contributed by atoms with Gasteiger partial charge in [-0.2, -0.15) is 0 Å². The third-order valence-corrected chi connectivity index (χ3v) is 4.47. The van der Waals surface area contributed by atoms with Crippen LogP contribution in [-0.4, -0.2) is 47.0 Å². The van der Waals surface area contributed by atoms with Crippen LogP contribution in [-0.2, 0) is 0 Å². The molecule has 7 nitrogen and oxygen atoms in total. The number of aromatic nitrogens is 2. The lowest BCUT2D eigenvalue weighted by atomic mass is 10.2. The fourth-order valence-corrected chi connectivity index (χ4v) is 3.00. The Labute approximate surface area is 159 Å². The molecule has 0 aliphatic carbocycles. The third kappa shape index (κ3) is 3.78. The Kier molecular flexibility index (Phi) is 4.88. The number of hydrogen-bond acceptors (Lipinski definition) is 6. The van der Waals surface area contributed by atoms with Gasteiger partial charge in [-0.05, 0) is 24.3 Å². The second-order valence-electron chi connectivity index (χ2n) is 6.27. The van der Waals surface area contributed by atoms with E-state index in [1.54, 1.807) is 23.1 Å². The first kappa shape index (κ1) is 17.9. The van der Waals surface area contributed by atoms with Crippen LogP contribution in [0.2, 0.25) is 0 Å². The molecule has 28 heavy (non-hydrogen) atoms. The van der Waals surface area contributed by atoms with Gasteiger partial charge >= 0.3 is 0 Å². The molecule has 144 valence electrons. The van der Waals surface area contributed by atoms with Gasteiger partial charge in [0, 0.05) is 44.0 Å². The summed E-state index contributed by atoms with van der Waals surface area (Å²) in [4.78, 5) is 24.5. The first-order chi connectivity index (χ1) is 13.6. The highest BCUT2D eigenvalue weighted by atomic mass is 19.2. The van der Waals surface area contributed by atoms with Gasteiger partial charge in [0.25, 0.3) is 5.91 Å². The second-order valence-corrected chi connectivity index (χ2v) is 6.27. The van der Waals surface area contributed by atoms with Gasteiger partial charge in [-0.25, -0.2) is 18.7 Å². The van der Waals surface area contributed by atoms with Gasteiger partial charge in [0.15, 0.2) is 17.4 Å². The monoisotopic (exact) mass is 385 g/mol. The van der Waals surface area contributed by atoms with Crippen molar-refractivity contribution in [2.24, 2.45) is 0 Å². The van der Waals surface area contributed by atoms with E-state index in [1.165, 1.54) is 18.7 Å². The van der Waals surface area contributed by atoms with Crippen molar-refractivity contribution in [3.63, 3.8) is 0 Å². The molecular formula is C19H17F2N5O2. The minimum Gasteiger partial charge on any atom is -0.459 e. The standard InChI is InChI=1S/C19H17F2N5O2/c20-14-4-3-13(10-15(14)21)24-17-11-18(23-12-22-17)25-5-7-26(8-6-25)19(27)16-2-1-9-28-16/h1-4,9-12H,5-8H2,(H,22,23,24). The molecule has 1 aliphatic rings. The van der Waals surface area contributed by atoms with E-state index < -0.39 is 11.6 Å².